The molecule has 3 rings (SSSR count). The van der Waals surface area contributed by atoms with Gasteiger partial charge in [-0.2, -0.15) is 4.39 Å². The van der Waals surface area contributed by atoms with Crippen molar-refractivity contribution in [3.05, 3.63) is 93.8 Å². The second-order valence-corrected chi connectivity index (χ2v) is 7.82. The fourth-order valence-electron chi connectivity index (χ4n) is 2.52. The van der Waals surface area contributed by atoms with Crippen molar-refractivity contribution in [2.75, 3.05) is 10.0 Å². The quantitative estimate of drug-likeness (QED) is 0.433. The number of halogens is 3. The number of hydrogen-bond donors (Lipinski definition) is 2. The summed E-state index contributed by atoms with van der Waals surface area (Å²) in [6.45, 7) is 0. The molecule has 0 aliphatic rings. The third kappa shape index (κ3) is 4.98. The molecule has 31 heavy (non-hydrogen) atoms. The number of carbonyl (C=O) groups excluding carboxylic acids is 1. The Hall–Kier alpha value is -3.93. The van der Waals surface area contributed by atoms with Gasteiger partial charge in [0.1, 0.15) is 0 Å². The van der Waals surface area contributed by atoms with Crippen molar-refractivity contribution in [3.8, 4) is 0 Å². The predicted molar refractivity (Wildman–Crippen MR) is 105 cm³/mol. The van der Waals surface area contributed by atoms with Crippen LogP contribution < -0.4 is 10.0 Å². The monoisotopic (exact) mass is 451 g/mol. The lowest BCUT2D eigenvalue weighted by molar-refractivity contribution is -0.387. The van der Waals surface area contributed by atoms with Gasteiger partial charge in [-0.05, 0) is 48.5 Å². The SMILES string of the molecule is O=C(Nc1ccc(F)c([N+](=O)[O-])c1)c1cccc(NS(=O)(=O)c2ccc(F)c(F)c2)c1. The van der Waals surface area contributed by atoms with Gasteiger partial charge < -0.3 is 5.32 Å². The van der Waals surface area contributed by atoms with Crippen LogP contribution in [0.3, 0.4) is 0 Å². The Morgan fingerprint density at radius 3 is 2.26 bits per heavy atom. The number of hydrogen-bond acceptors (Lipinski definition) is 5. The zero-order chi connectivity index (χ0) is 22.8. The first-order chi connectivity index (χ1) is 14.6. The molecular formula is C19H12F3N3O5S. The zero-order valence-electron chi connectivity index (χ0n) is 15.3. The van der Waals surface area contributed by atoms with Crippen LogP contribution in [0.4, 0.5) is 30.2 Å². The van der Waals surface area contributed by atoms with E-state index in [-0.39, 0.29) is 16.9 Å². The molecule has 0 bridgehead atoms. The number of nitro groups is 1. The third-order valence-electron chi connectivity index (χ3n) is 3.98. The number of benzene rings is 3. The number of nitro benzene ring substituents is 1. The number of nitrogens with one attached hydrogen (secondary N) is 2. The van der Waals surface area contributed by atoms with Crippen LogP contribution in [-0.2, 0) is 10.0 Å². The summed E-state index contributed by atoms with van der Waals surface area (Å²) in [7, 11) is -4.28. The highest BCUT2D eigenvalue weighted by Gasteiger charge is 2.19. The van der Waals surface area contributed by atoms with Gasteiger partial charge in [0.15, 0.2) is 11.6 Å². The molecule has 0 atom stereocenters. The van der Waals surface area contributed by atoms with Crippen LogP contribution in [0, 0.1) is 27.6 Å². The number of sulfonamides is 1. The van der Waals surface area contributed by atoms with Gasteiger partial charge in [-0.25, -0.2) is 17.2 Å². The second kappa shape index (κ2) is 8.44. The second-order valence-electron chi connectivity index (χ2n) is 6.14. The summed E-state index contributed by atoms with van der Waals surface area (Å²) < 4.78 is 66.7. The van der Waals surface area contributed by atoms with Gasteiger partial charge in [0.2, 0.25) is 5.82 Å². The molecule has 0 fully saturated rings. The smallest absolute Gasteiger partial charge is 0.306 e. The molecule has 0 radical (unpaired) electrons. The number of anilines is 2. The molecule has 0 aliphatic heterocycles. The molecule has 0 unspecified atom stereocenters. The summed E-state index contributed by atoms with van der Waals surface area (Å²) in [5, 5.41) is 13.1. The van der Waals surface area contributed by atoms with Gasteiger partial charge in [-0.15, -0.1) is 0 Å². The van der Waals surface area contributed by atoms with Crippen molar-refractivity contribution >= 4 is 33.0 Å². The summed E-state index contributed by atoms with van der Waals surface area (Å²) in [4.78, 5) is 21.7. The Balaban J connectivity index is 1.81. The zero-order valence-corrected chi connectivity index (χ0v) is 16.1. The first-order valence-electron chi connectivity index (χ1n) is 8.40. The van der Waals surface area contributed by atoms with Crippen LogP contribution in [0.25, 0.3) is 0 Å². The Labute approximate surface area is 173 Å². The van der Waals surface area contributed by atoms with Gasteiger partial charge in [0.05, 0.1) is 9.82 Å². The molecule has 8 nitrogen and oxygen atoms in total. The summed E-state index contributed by atoms with van der Waals surface area (Å²) in [5.41, 5.74) is -0.961. The van der Waals surface area contributed by atoms with E-state index in [0.717, 1.165) is 30.3 Å². The first kappa shape index (κ1) is 21.8. The molecule has 0 saturated heterocycles. The molecule has 3 aromatic carbocycles. The average molecular weight is 451 g/mol. The van der Waals surface area contributed by atoms with Crippen molar-refractivity contribution in [3.63, 3.8) is 0 Å². The van der Waals surface area contributed by atoms with E-state index in [4.69, 9.17) is 0 Å². The Bertz CT molecular complexity index is 1300. The molecule has 0 saturated carbocycles. The summed E-state index contributed by atoms with van der Waals surface area (Å²) in [5.74, 6) is -4.38. The van der Waals surface area contributed by atoms with Crippen molar-refractivity contribution in [2.45, 2.75) is 4.90 Å². The molecular weight excluding hydrogens is 439 g/mol. The van der Waals surface area contributed by atoms with Gasteiger partial charge in [-0.3, -0.25) is 19.6 Å². The lowest BCUT2D eigenvalue weighted by Gasteiger charge is -2.10. The Morgan fingerprint density at radius 2 is 1.58 bits per heavy atom. The van der Waals surface area contributed by atoms with Crippen LogP contribution in [-0.4, -0.2) is 19.2 Å². The molecule has 0 aromatic heterocycles. The van der Waals surface area contributed by atoms with E-state index in [1.807, 2.05) is 0 Å². The van der Waals surface area contributed by atoms with E-state index in [1.54, 1.807) is 0 Å². The maximum absolute atomic E-state index is 13.4. The molecule has 3 aromatic rings. The lowest BCUT2D eigenvalue weighted by atomic mass is 10.2. The molecule has 0 heterocycles. The molecule has 12 heteroatoms. The molecule has 0 aliphatic carbocycles. The predicted octanol–water partition coefficient (Wildman–Crippen LogP) is 4.07. The lowest BCUT2D eigenvalue weighted by Crippen LogP contribution is -2.15. The van der Waals surface area contributed by atoms with E-state index in [0.29, 0.717) is 12.1 Å². The number of nitrogens with zero attached hydrogens (tertiary/aromatic N) is 1. The summed E-state index contributed by atoms with van der Waals surface area (Å²) in [6.07, 6.45) is 0. The van der Waals surface area contributed by atoms with Crippen molar-refractivity contribution < 1.29 is 31.3 Å². The van der Waals surface area contributed by atoms with Crippen LogP contribution in [0.2, 0.25) is 0 Å². The van der Waals surface area contributed by atoms with E-state index in [1.165, 1.54) is 18.2 Å². The van der Waals surface area contributed by atoms with Crippen LogP contribution >= 0.6 is 0 Å². The van der Waals surface area contributed by atoms with E-state index in [9.17, 15) is 36.5 Å². The van der Waals surface area contributed by atoms with Crippen molar-refractivity contribution in [1.82, 2.24) is 0 Å². The summed E-state index contributed by atoms with van der Waals surface area (Å²) >= 11 is 0. The minimum absolute atomic E-state index is 0.0301. The third-order valence-corrected chi connectivity index (χ3v) is 5.36. The Kier molecular flexibility index (Phi) is 5.92. The topological polar surface area (TPSA) is 118 Å². The van der Waals surface area contributed by atoms with Crippen molar-refractivity contribution in [2.24, 2.45) is 0 Å². The van der Waals surface area contributed by atoms with E-state index in [2.05, 4.69) is 10.0 Å². The fraction of sp³-hybridized carbons (Fsp3) is 0. The number of carbonyl (C=O) groups is 1. The molecule has 160 valence electrons. The van der Waals surface area contributed by atoms with Crippen LogP contribution in [0.1, 0.15) is 10.4 Å². The van der Waals surface area contributed by atoms with Gasteiger partial charge in [0.25, 0.3) is 15.9 Å². The largest absolute Gasteiger partial charge is 0.322 e. The fourth-order valence-corrected chi connectivity index (χ4v) is 3.58. The van der Waals surface area contributed by atoms with Crippen LogP contribution in [0.5, 0.6) is 0 Å². The molecule has 1 amide bonds. The van der Waals surface area contributed by atoms with Crippen LogP contribution in [0.15, 0.2) is 65.6 Å². The van der Waals surface area contributed by atoms with Gasteiger partial charge in [0, 0.05) is 23.0 Å². The van der Waals surface area contributed by atoms with Gasteiger partial charge >= 0.3 is 5.69 Å². The van der Waals surface area contributed by atoms with E-state index < -0.39 is 48.9 Å². The summed E-state index contributed by atoms with van der Waals surface area (Å²) in [6, 6.07) is 9.98. The highest BCUT2D eigenvalue weighted by Crippen LogP contribution is 2.23. The standard InChI is InChI=1S/C19H12F3N3O5S/c20-15-7-5-14(10-17(15)22)31(29,30)24-13-3-1-2-11(8-13)19(26)23-12-4-6-16(21)18(9-12)25(27)28/h1-10,24H,(H,23,26). The highest BCUT2D eigenvalue weighted by molar-refractivity contribution is 7.92. The average Bonchev–Trinajstić information content (AvgIpc) is 2.71. The minimum Gasteiger partial charge on any atom is -0.322 e. The highest BCUT2D eigenvalue weighted by atomic mass is 32.2. The maximum Gasteiger partial charge on any atom is 0.306 e. The number of amides is 1. The molecule has 0 spiro atoms. The maximum atomic E-state index is 13.4. The normalized spacial score (nSPS) is 11.1. The first-order valence-corrected chi connectivity index (χ1v) is 9.88. The molecule has 2 N–H and O–H groups in total. The van der Waals surface area contributed by atoms with Crippen molar-refractivity contribution in [1.29, 1.82) is 0 Å². The number of rotatable bonds is 6. The van der Waals surface area contributed by atoms with E-state index >= 15 is 0 Å². The Morgan fingerprint density at radius 1 is 0.871 bits per heavy atom. The van der Waals surface area contributed by atoms with Gasteiger partial charge in [-0.1, -0.05) is 6.07 Å². The minimum atomic E-state index is -4.28.